The van der Waals surface area contributed by atoms with E-state index in [2.05, 4.69) is 0 Å². The maximum Gasteiger partial charge on any atom is 0.154 e. The van der Waals surface area contributed by atoms with Crippen LogP contribution in [0.25, 0.3) is 0 Å². The molecular weight excluding hydrogens is 130 g/mol. The van der Waals surface area contributed by atoms with Gasteiger partial charge in [-0.05, 0) is 6.92 Å². The van der Waals surface area contributed by atoms with Gasteiger partial charge in [0.1, 0.15) is 0 Å². The van der Waals surface area contributed by atoms with E-state index in [0.717, 1.165) is 0 Å². The molecule has 0 aliphatic heterocycles. The van der Waals surface area contributed by atoms with Crippen molar-refractivity contribution in [3.8, 4) is 0 Å². The standard InChI is InChI=1S/C7H15NO2/c1-4(2)7(10)6(8)5(3)9/h4-6,9H,8H2,1-3H3/t5-,6+/m1/s1. The fourth-order valence-corrected chi connectivity index (χ4v) is 0.623. The zero-order valence-corrected chi connectivity index (χ0v) is 6.66. The number of ketones is 1. The monoisotopic (exact) mass is 145 g/mol. The molecule has 10 heavy (non-hydrogen) atoms. The molecule has 0 saturated heterocycles. The molecule has 2 atom stereocenters. The van der Waals surface area contributed by atoms with E-state index < -0.39 is 12.1 Å². The fourth-order valence-electron chi connectivity index (χ4n) is 0.623. The van der Waals surface area contributed by atoms with E-state index >= 15 is 0 Å². The van der Waals surface area contributed by atoms with Crippen molar-refractivity contribution in [2.75, 3.05) is 0 Å². The van der Waals surface area contributed by atoms with Gasteiger partial charge >= 0.3 is 0 Å². The first kappa shape index (κ1) is 9.59. The smallest absolute Gasteiger partial charge is 0.154 e. The molecule has 0 aliphatic carbocycles. The van der Waals surface area contributed by atoms with Crippen molar-refractivity contribution < 1.29 is 9.90 Å². The number of aliphatic hydroxyl groups excluding tert-OH is 1. The van der Waals surface area contributed by atoms with Gasteiger partial charge in [0.25, 0.3) is 0 Å². The van der Waals surface area contributed by atoms with Gasteiger partial charge in [0.05, 0.1) is 12.1 Å². The first-order chi connectivity index (χ1) is 4.46. The van der Waals surface area contributed by atoms with Crippen molar-refractivity contribution in [3.63, 3.8) is 0 Å². The van der Waals surface area contributed by atoms with Crippen LogP contribution in [-0.4, -0.2) is 23.0 Å². The molecule has 0 aromatic heterocycles. The second kappa shape index (κ2) is 3.68. The van der Waals surface area contributed by atoms with E-state index in [4.69, 9.17) is 10.8 Å². The number of carbonyl (C=O) groups is 1. The van der Waals surface area contributed by atoms with E-state index in [1.54, 1.807) is 13.8 Å². The molecule has 0 heterocycles. The molecule has 0 aromatic rings. The summed E-state index contributed by atoms with van der Waals surface area (Å²) < 4.78 is 0. The molecule has 0 saturated carbocycles. The Morgan fingerprint density at radius 1 is 1.40 bits per heavy atom. The Morgan fingerprint density at radius 2 is 1.80 bits per heavy atom. The average molecular weight is 145 g/mol. The van der Waals surface area contributed by atoms with Gasteiger partial charge in [0, 0.05) is 5.92 Å². The van der Waals surface area contributed by atoms with Crippen LogP contribution in [0.1, 0.15) is 20.8 Å². The summed E-state index contributed by atoms with van der Waals surface area (Å²) in [6.45, 7) is 5.06. The fraction of sp³-hybridized carbons (Fsp3) is 0.857. The Hall–Kier alpha value is -0.410. The number of hydrogen-bond donors (Lipinski definition) is 2. The molecule has 0 rings (SSSR count). The summed E-state index contributed by atoms with van der Waals surface area (Å²) >= 11 is 0. The Bertz CT molecular complexity index is 121. The van der Waals surface area contributed by atoms with E-state index in [-0.39, 0.29) is 11.7 Å². The SMILES string of the molecule is CC(C)C(=O)[C@@H](N)[C@@H](C)O. The van der Waals surface area contributed by atoms with Gasteiger partial charge in [-0.2, -0.15) is 0 Å². The van der Waals surface area contributed by atoms with Gasteiger partial charge < -0.3 is 10.8 Å². The van der Waals surface area contributed by atoms with Crippen LogP contribution >= 0.6 is 0 Å². The van der Waals surface area contributed by atoms with Gasteiger partial charge in [-0.3, -0.25) is 4.79 Å². The second-order valence-corrected chi connectivity index (χ2v) is 2.82. The molecule has 3 heteroatoms. The lowest BCUT2D eigenvalue weighted by Gasteiger charge is -2.14. The zero-order valence-electron chi connectivity index (χ0n) is 6.66. The van der Waals surface area contributed by atoms with Gasteiger partial charge in [0.2, 0.25) is 0 Å². The zero-order chi connectivity index (χ0) is 8.31. The second-order valence-electron chi connectivity index (χ2n) is 2.82. The maximum atomic E-state index is 11.0. The molecule has 0 fully saturated rings. The minimum Gasteiger partial charge on any atom is -0.391 e. The van der Waals surface area contributed by atoms with Gasteiger partial charge in [-0.1, -0.05) is 13.8 Å². The summed E-state index contributed by atoms with van der Waals surface area (Å²) in [6.07, 6.45) is -0.741. The first-order valence-electron chi connectivity index (χ1n) is 3.44. The first-order valence-corrected chi connectivity index (χ1v) is 3.44. The number of hydrogen-bond acceptors (Lipinski definition) is 3. The van der Waals surface area contributed by atoms with Crippen molar-refractivity contribution in [1.82, 2.24) is 0 Å². The summed E-state index contributed by atoms with van der Waals surface area (Å²) in [7, 11) is 0. The van der Waals surface area contributed by atoms with E-state index in [9.17, 15) is 4.79 Å². The summed E-state index contributed by atoms with van der Waals surface area (Å²) in [5.74, 6) is -0.181. The normalized spacial score (nSPS) is 17.0. The highest BCUT2D eigenvalue weighted by molar-refractivity contribution is 5.85. The third-order valence-corrected chi connectivity index (χ3v) is 1.42. The third kappa shape index (κ3) is 2.45. The molecule has 0 spiro atoms. The molecule has 3 nitrogen and oxygen atoms in total. The minimum absolute atomic E-state index is 0.0880. The van der Waals surface area contributed by atoms with Crippen molar-refractivity contribution in [3.05, 3.63) is 0 Å². The number of aliphatic hydroxyl groups is 1. The van der Waals surface area contributed by atoms with Gasteiger partial charge in [-0.15, -0.1) is 0 Å². The van der Waals surface area contributed by atoms with Crippen LogP contribution in [0.5, 0.6) is 0 Å². The molecular formula is C7H15NO2. The van der Waals surface area contributed by atoms with Gasteiger partial charge in [0.15, 0.2) is 5.78 Å². The lowest BCUT2D eigenvalue weighted by atomic mass is 9.99. The van der Waals surface area contributed by atoms with Crippen LogP contribution in [-0.2, 0) is 4.79 Å². The van der Waals surface area contributed by atoms with E-state index in [0.29, 0.717) is 0 Å². The predicted octanol–water partition coefficient (Wildman–Crippen LogP) is -0.0804. The largest absolute Gasteiger partial charge is 0.391 e. The van der Waals surface area contributed by atoms with E-state index in [1.165, 1.54) is 6.92 Å². The number of rotatable bonds is 3. The average Bonchev–Trinajstić information content (AvgIpc) is 1.84. The van der Waals surface area contributed by atoms with Crippen molar-refractivity contribution in [1.29, 1.82) is 0 Å². The molecule has 0 amide bonds. The summed E-state index contributed by atoms with van der Waals surface area (Å²) in [4.78, 5) is 11.0. The molecule has 0 bridgehead atoms. The van der Waals surface area contributed by atoms with Crippen LogP contribution in [0.15, 0.2) is 0 Å². The van der Waals surface area contributed by atoms with Crippen molar-refractivity contribution >= 4 is 5.78 Å². The Balaban J connectivity index is 3.95. The van der Waals surface area contributed by atoms with Crippen LogP contribution in [0.2, 0.25) is 0 Å². The molecule has 0 unspecified atom stereocenters. The lowest BCUT2D eigenvalue weighted by Crippen LogP contribution is -2.42. The van der Waals surface area contributed by atoms with Crippen LogP contribution < -0.4 is 5.73 Å². The number of Topliss-reactive ketones (excluding diaryl/α,β-unsaturated/α-hetero) is 1. The predicted molar refractivity (Wildman–Crippen MR) is 39.5 cm³/mol. The van der Waals surface area contributed by atoms with Crippen LogP contribution in [0.3, 0.4) is 0 Å². The maximum absolute atomic E-state index is 11.0. The highest BCUT2D eigenvalue weighted by atomic mass is 16.3. The lowest BCUT2D eigenvalue weighted by molar-refractivity contribution is -0.125. The number of carbonyl (C=O) groups excluding carboxylic acids is 1. The highest BCUT2D eigenvalue weighted by Gasteiger charge is 2.20. The summed E-state index contributed by atoms with van der Waals surface area (Å²) in [5.41, 5.74) is 5.36. The quantitative estimate of drug-likeness (QED) is 0.584. The summed E-state index contributed by atoms with van der Waals surface area (Å²) in [6, 6.07) is -0.722. The molecule has 0 radical (unpaired) electrons. The molecule has 0 aromatic carbocycles. The molecule has 3 N–H and O–H groups in total. The van der Waals surface area contributed by atoms with Crippen LogP contribution in [0.4, 0.5) is 0 Å². The Morgan fingerprint density at radius 3 is 1.90 bits per heavy atom. The minimum atomic E-state index is -0.741. The number of nitrogens with two attached hydrogens (primary N) is 1. The van der Waals surface area contributed by atoms with Crippen molar-refractivity contribution in [2.45, 2.75) is 32.9 Å². The van der Waals surface area contributed by atoms with Crippen LogP contribution in [0, 0.1) is 5.92 Å². The highest BCUT2D eigenvalue weighted by Crippen LogP contribution is 2.00. The summed E-state index contributed by atoms with van der Waals surface area (Å²) in [5, 5.41) is 8.89. The van der Waals surface area contributed by atoms with E-state index in [1.807, 2.05) is 0 Å². The van der Waals surface area contributed by atoms with Gasteiger partial charge in [-0.25, -0.2) is 0 Å². The molecule has 60 valence electrons. The molecule has 0 aliphatic rings. The Labute approximate surface area is 61.2 Å². The third-order valence-electron chi connectivity index (χ3n) is 1.42. The Kier molecular flexibility index (Phi) is 3.53. The van der Waals surface area contributed by atoms with Crippen molar-refractivity contribution in [2.24, 2.45) is 11.7 Å². The topological polar surface area (TPSA) is 63.3 Å².